The highest BCUT2D eigenvalue weighted by molar-refractivity contribution is 5.91. The highest BCUT2D eigenvalue weighted by Crippen LogP contribution is 2.40. The van der Waals surface area contributed by atoms with Crippen molar-refractivity contribution in [1.29, 1.82) is 0 Å². The molecule has 0 spiro atoms. The molecule has 1 saturated heterocycles. The maximum absolute atomic E-state index is 13.1. The van der Waals surface area contributed by atoms with Gasteiger partial charge in [0.1, 0.15) is 5.82 Å². The zero-order chi connectivity index (χ0) is 18.3. The van der Waals surface area contributed by atoms with Crippen molar-refractivity contribution in [2.75, 3.05) is 19.7 Å². The maximum atomic E-state index is 13.1. The lowest BCUT2D eigenvalue weighted by Gasteiger charge is -2.31. The summed E-state index contributed by atoms with van der Waals surface area (Å²) in [7, 11) is 0. The first-order valence-electron chi connectivity index (χ1n) is 9.66. The number of esters is 1. The Bertz CT molecular complexity index is 741. The Labute approximate surface area is 153 Å². The molecule has 0 saturated carbocycles. The monoisotopic (exact) mass is 358 g/mol. The third kappa shape index (κ3) is 2.83. The lowest BCUT2D eigenvalue weighted by Crippen LogP contribution is -2.37. The number of carbonyl (C=O) groups excluding carboxylic acids is 2. The Morgan fingerprint density at radius 3 is 2.88 bits per heavy atom. The van der Waals surface area contributed by atoms with E-state index in [4.69, 9.17) is 4.74 Å². The Balaban J connectivity index is 1.54. The number of fused-ring (bicyclic) bond motifs is 2. The van der Waals surface area contributed by atoms with E-state index in [2.05, 4.69) is 22.3 Å². The van der Waals surface area contributed by atoms with Crippen LogP contribution in [0.3, 0.4) is 0 Å². The summed E-state index contributed by atoms with van der Waals surface area (Å²) in [5, 5.41) is 8.37. The van der Waals surface area contributed by atoms with Crippen LogP contribution in [-0.2, 0) is 22.5 Å². The fourth-order valence-corrected chi connectivity index (χ4v) is 4.67. The largest absolute Gasteiger partial charge is 0.466 e. The lowest BCUT2D eigenvalue weighted by atomic mass is 9.72. The molecule has 0 bridgehead atoms. The number of amides is 1. The molecule has 1 aromatic heterocycles. The van der Waals surface area contributed by atoms with Gasteiger partial charge in [-0.25, -0.2) is 0 Å². The molecule has 1 amide bonds. The summed E-state index contributed by atoms with van der Waals surface area (Å²) in [4.78, 5) is 27.4. The van der Waals surface area contributed by atoms with E-state index in [0.717, 1.165) is 31.6 Å². The van der Waals surface area contributed by atoms with Gasteiger partial charge < -0.3 is 14.2 Å². The number of aromatic nitrogens is 3. The molecule has 1 fully saturated rings. The summed E-state index contributed by atoms with van der Waals surface area (Å²) >= 11 is 0. The molecule has 0 unspecified atom stereocenters. The number of allylic oxidation sites excluding steroid dienone is 1. The van der Waals surface area contributed by atoms with E-state index >= 15 is 0 Å². The standard InChI is InChI=1S/C19H26N4O3/c1-3-26-19(25)16-12(2)7-8-13-10-22(11-14(13)16)18(24)17-21-20-15-6-4-5-9-23(15)17/h7-8,12-14,16H,3-6,9-11H2,1-2H3/t12-,13-,14-,16-/m0/s1. The molecule has 1 aliphatic carbocycles. The summed E-state index contributed by atoms with van der Waals surface area (Å²) in [5.41, 5.74) is 0. The van der Waals surface area contributed by atoms with E-state index in [0.29, 0.717) is 25.5 Å². The van der Waals surface area contributed by atoms with Crippen molar-refractivity contribution in [2.24, 2.45) is 23.7 Å². The summed E-state index contributed by atoms with van der Waals surface area (Å²) < 4.78 is 7.27. The summed E-state index contributed by atoms with van der Waals surface area (Å²) in [5.74, 6) is 1.41. The van der Waals surface area contributed by atoms with Crippen molar-refractivity contribution in [3.63, 3.8) is 0 Å². The molecule has 1 aromatic rings. The molecular weight excluding hydrogens is 332 g/mol. The van der Waals surface area contributed by atoms with E-state index in [9.17, 15) is 9.59 Å². The average Bonchev–Trinajstić information content (AvgIpc) is 3.25. The van der Waals surface area contributed by atoms with Gasteiger partial charge in [0.15, 0.2) is 0 Å². The van der Waals surface area contributed by atoms with E-state index < -0.39 is 0 Å². The molecule has 0 N–H and O–H groups in total. The Morgan fingerprint density at radius 2 is 2.08 bits per heavy atom. The molecule has 0 radical (unpaired) electrons. The van der Waals surface area contributed by atoms with Crippen LogP contribution in [0.5, 0.6) is 0 Å². The first-order valence-corrected chi connectivity index (χ1v) is 9.66. The second-order valence-corrected chi connectivity index (χ2v) is 7.61. The highest BCUT2D eigenvalue weighted by Gasteiger charge is 2.46. The van der Waals surface area contributed by atoms with Gasteiger partial charge in [0.25, 0.3) is 5.91 Å². The van der Waals surface area contributed by atoms with Crippen LogP contribution in [0.1, 0.15) is 43.1 Å². The zero-order valence-corrected chi connectivity index (χ0v) is 15.4. The zero-order valence-electron chi connectivity index (χ0n) is 15.4. The van der Waals surface area contributed by atoms with Crippen LogP contribution >= 0.6 is 0 Å². The lowest BCUT2D eigenvalue weighted by molar-refractivity contribution is -0.152. The highest BCUT2D eigenvalue weighted by atomic mass is 16.5. The topological polar surface area (TPSA) is 77.3 Å². The predicted molar refractivity (Wildman–Crippen MR) is 94.3 cm³/mol. The van der Waals surface area contributed by atoms with Crippen LogP contribution in [0, 0.1) is 23.7 Å². The van der Waals surface area contributed by atoms with Crippen LogP contribution in [0.2, 0.25) is 0 Å². The molecule has 26 heavy (non-hydrogen) atoms. The second-order valence-electron chi connectivity index (χ2n) is 7.61. The van der Waals surface area contributed by atoms with E-state index in [1.54, 1.807) is 0 Å². The minimum atomic E-state index is -0.185. The smallest absolute Gasteiger partial charge is 0.309 e. The fourth-order valence-electron chi connectivity index (χ4n) is 4.67. The molecule has 3 aliphatic rings. The number of hydrogen-bond donors (Lipinski definition) is 0. The van der Waals surface area contributed by atoms with E-state index in [1.807, 2.05) is 23.3 Å². The molecule has 2 aliphatic heterocycles. The van der Waals surface area contributed by atoms with Crippen molar-refractivity contribution < 1.29 is 14.3 Å². The van der Waals surface area contributed by atoms with Gasteiger partial charge in [-0.05, 0) is 37.5 Å². The molecular formula is C19H26N4O3. The summed E-state index contributed by atoms with van der Waals surface area (Å²) in [6.45, 7) is 6.28. The van der Waals surface area contributed by atoms with Crippen LogP contribution in [0.25, 0.3) is 0 Å². The third-order valence-electron chi connectivity index (χ3n) is 6.00. The van der Waals surface area contributed by atoms with Crippen LogP contribution < -0.4 is 0 Å². The van der Waals surface area contributed by atoms with Crippen LogP contribution in [0.15, 0.2) is 12.2 Å². The first kappa shape index (κ1) is 17.2. The number of nitrogens with zero attached hydrogens (tertiary/aromatic N) is 4. The Hall–Kier alpha value is -2.18. The van der Waals surface area contributed by atoms with Crippen molar-refractivity contribution in [3.05, 3.63) is 23.8 Å². The van der Waals surface area contributed by atoms with E-state index in [1.165, 1.54) is 0 Å². The van der Waals surface area contributed by atoms with E-state index in [-0.39, 0.29) is 35.5 Å². The maximum Gasteiger partial charge on any atom is 0.309 e. The number of likely N-dealkylation sites (tertiary alicyclic amines) is 1. The molecule has 0 aromatic carbocycles. The minimum Gasteiger partial charge on any atom is -0.466 e. The van der Waals surface area contributed by atoms with Gasteiger partial charge in [0.2, 0.25) is 5.82 Å². The van der Waals surface area contributed by atoms with Crippen molar-refractivity contribution >= 4 is 11.9 Å². The predicted octanol–water partition coefficient (Wildman–Crippen LogP) is 1.69. The number of aryl methyl sites for hydroxylation is 1. The molecule has 4 atom stereocenters. The van der Waals surface area contributed by atoms with Gasteiger partial charge in [-0.2, -0.15) is 0 Å². The quantitative estimate of drug-likeness (QED) is 0.607. The second kappa shape index (κ2) is 6.85. The normalized spacial score (nSPS) is 30.0. The Morgan fingerprint density at radius 1 is 1.23 bits per heavy atom. The average molecular weight is 358 g/mol. The number of hydrogen-bond acceptors (Lipinski definition) is 5. The van der Waals surface area contributed by atoms with Crippen molar-refractivity contribution in [2.45, 2.75) is 39.7 Å². The van der Waals surface area contributed by atoms with Crippen molar-refractivity contribution in [3.8, 4) is 0 Å². The van der Waals surface area contributed by atoms with Gasteiger partial charge in [-0.1, -0.05) is 19.1 Å². The van der Waals surface area contributed by atoms with Gasteiger partial charge >= 0.3 is 5.97 Å². The molecule has 4 rings (SSSR count). The van der Waals surface area contributed by atoms with Gasteiger partial charge in [-0.15, -0.1) is 10.2 Å². The SMILES string of the molecule is CCOC(=O)[C@@H]1[C@H]2CN(C(=O)c3nnc4n3CCCC4)C[C@@H]2C=C[C@@H]1C. The summed E-state index contributed by atoms with van der Waals surface area (Å²) in [6, 6.07) is 0. The van der Waals surface area contributed by atoms with Gasteiger partial charge in [0, 0.05) is 26.1 Å². The molecule has 7 heteroatoms. The number of ether oxygens (including phenoxy) is 1. The van der Waals surface area contributed by atoms with Crippen molar-refractivity contribution in [1.82, 2.24) is 19.7 Å². The molecule has 7 nitrogen and oxygen atoms in total. The minimum absolute atomic E-state index is 0.0660. The molecule has 3 heterocycles. The van der Waals surface area contributed by atoms with Crippen LogP contribution in [0.4, 0.5) is 0 Å². The van der Waals surface area contributed by atoms with Crippen LogP contribution in [-0.4, -0.2) is 51.2 Å². The van der Waals surface area contributed by atoms with Gasteiger partial charge in [0.05, 0.1) is 12.5 Å². The summed E-state index contributed by atoms with van der Waals surface area (Å²) in [6.07, 6.45) is 7.30. The first-order chi connectivity index (χ1) is 12.6. The molecule has 140 valence electrons. The fraction of sp³-hybridized carbons (Fsp3) is 0.684. The number of carbonyl (C=O) groups is 2. The number of rotatable bonds is 3. The van der Waals surface area contributed by atoms with Gasteiger partial charge in [-0.3, -0.25) is 9.59 Å². The Kier molecular flexibility index (Phi) is 4.54. The third-order valence-corrected chi connectivity index (χ3v) is 6.00.